The van der Waals surface area contributed by atoms with Crippen molar-refractivity contribution in [3.63, 3.8) is 0 Å². The maximum absolute atomic E-state index is 2.39. The summed E-state index contributed by atoms with van der Waals surface area (Å²) in [5.41, 5.74) is 0.483. The van der Waals surface area contributed by atoms with Crippen LogP contribution in [-0.4, -0.2) is 31.7 Å². The van der Waals surface area contributed by atoms with E-state index in [-0.39, 0.29) is 12.4 Å². The average Bonchev–Trinajstić information content (AvgIpc) is 2.20. The predicted molar refractivity (Wildman–Crippen MR) is 79.3 cm³/mol. The number of unbranched alkanes of at least 4 members (excludes halogenated alkanes) is 5. The van der Waals surface area contributed by atoms with Gasteiger partial charge in [-0.2, -0.15) is 0 Å². The van der Waals surface area contributed by atoms with Gasteiger partial charge in [0.15, 0.2) is 0 Å². The summed E-state index contributed by atoms with van der Waals surface area (Å²) in [5, 5.41) is 0. The van der Waals surface area contributed by atoms with Crippen molar-refractivity contribution in [3.05, 3.63) is 0 Å². The van der Waals surface area contributed by atoms with Crippen LogP contribution >= 0.6 is 0 Å². The number of nitrogens with zero attached hydrogens (tertiary/aromatic N) is 1. The summed E-state index contributed by atoms with van der Waals surface area (Å²) in [6, 6.07) is 0. The molecule has 0 aromatic carbocycles. The van der Waals surface area contributed by atoms with Gasteiger partial charge in [0, 0.05) is 6.42 Å². The van der Waals surface area contributed by atoms with Crippen molar-refractivity contribution in [1.29, 1.82) is 0 Å². The summed E-state index contributed by atoms with van der Waals surface area (Å²) >= 11 is 0. The lowest BCUT2D eigenvalue weighted by Crippen LogP contribution is -3.00. The predicted octanol–water partition coefficient (Wildman–Crippen LogP) is 1.86. The summed E-state index contributed by atoms with van der Waals surface area (Å²) in [6.07, 6.45) is 9.81. The molecule has 0 aliphatic rings. The Morgan fingerprint density at radius 3 is 1.78 bits per heavy atom. The molecule has 0 N–H and O–H groups in total. The molecule has 0 spiro atoms. The van der Waals surface area contributed by atoms with E-state index in [9.17, 15) is 0 Å². The molecule has 0 radical (unpaired) electrons. The van der Waals surface area contributed by atoms with E-state index in [0.29, 0.717) is 5.41 Å². The maximum Gasteiger partial charge on any atom is 0.0787 e. The second-order valence-corrected chi connectivity index (χ2v) is 7.46. The van der Waals surface area contributed by atoms with Crippen molar-refractivity contribution in [2.45, 2.75) is 72.6 Å². The molecule has 0 aromatic heterocycles. The summed E-state index contributed by atoms with van der Waals surface area (Å²) in [6.45, 7) is 12.0. The fraction of sp³-hybridized carbons (Fsp3) is 1.00. The Morgan fingerprint density at radius 2 is 1.28 bits per heavy atom. The number of quaternary nitrogens is 1. The first-order chi connectivity index (χ1) is 7.77. The number of halogens is 1. The van der Waals surface area contributed by atoms with Crippen LogP contribution in [0.4, 0.5) is 0 Å². The third-order valence-corrected chi connectivity index (χ3v) is 3.58. The Balaban J connectivity index is 0. The summed E-state index contributed by atoms with van der Waals surface area (Å²) in [7, 11) is 4.77. The Kier molecular flexibility index (Phi) is 11.5. The van der Waals surface area contributed by atoms with E-state index in [0.717, 1.165) is 0 Å². The van der Waals surface area contributed by atoms with Crippen LogP contribution in [-0.2, 0) is 0 Å². The molecular formula is C16H36ClN. The van der Waals surface area contributed by atoms with Crippen LogP contribution in [0.1, 0.15) is 72.6 Å². The Hall–Kier alpha value is 0.250. The topological polar surface area (TPSA) is 0 Å². The molecule has 0 aliphatic heterocycles. The summed E-state index contributed by atoms with van der Waals surface area (Å²) in [4.78, 5) is 0. The Morgan fingerprint density at radius 1 is 0.778 bits per heavy atom. The van der Waals surface area contributed by atoms with Crippen molar-refractivity contribution in [2.24, 2.45) is 5.41 Å². The normalized spacial score (nSPS) is 12.3. The van der Waals surface area contributed by atoms with Gasteiger partial charge >= 0.3 is 0 Å². The van der Waals surface area contributed by atoms with Crippen LogP contribution in [0.2, 0.25) is 0 Å². The Bertz CT molecular complexity index is 182. The molecule has 0 saturated carbocycles. The van der Waals surface area contributed by atoms with Gasteiger partial charge in [-0.1, -0.05) is 53.4 Å². The zero-order valence-electron chi connectivity index (χ0n) is 13.7. The third-order valence-electron chi connectivity index (χ3n) is 3.58. The van der Waals surface area contributed by atoms with E-state index in [2.05, 4.69) is 41.8 Å². The average molecular weight is 278 g/mol. The first kappa shape index (κ1) is 20.6. The minimum absolute atomic E-state index is 0. The van der Waals surface area contributed by atoms with Crippen LogP contribution < -0.4 is 12.4 Å². The van der Waals surface area contributed by atoms with Crippen LogP contribution in [0.25, 0.3) is 0 Å². The molecule has 0 unspecified atom stereocenters. The van der Waals surface area contributed by atoms with E-state index in [1.807, 2.05) is 0 Å². The lowest BCUT2D eigenvalue weighted by molar-refractivity contribution is -0.891. The maximum atomic E-state index is 2.39. The highest BCUT2D eigenvalue weighted by atomic mass is 35.5. The van der Waals surface area contributed by atoms with Crippen LogP contribution in [0.3, 0.4) is 0 Å². The first-order valence-electron chi connectivity index (χ1n) is 7.59. The molecule has 0 amide bonds. The standard InChI is InChI=1S/C16H36N.ClH/c1-7-8-9-10-11-12-14-17(5,6)15-13-16(2,3)4;/h7-15H2,1-6H3;1H/q+1;/p-1. The van der Waals surface area contributed by atoms with Gasteiger partial charge in [0.1, 0.15) is 0 Å². The highest BCUT2D eigenvalue weighted by Gasteiger charge is 2.19. The molecule has 0 atom stereocenters. The fourth-order valence-corrected chi connectivity index (χ4v) is 2.07. The molecule has 1 nitrogen and oxygen atoms in total. The summed E-state index contributed by atoms with van der Waals surface area (Å²) in [5.74, 6) is 0. The molecule has 0 bridgehead atoms. The molecule has 0 aromatic rings. The smallest absolute Gasteiger partial charge is 0.0787 e. The van der Waals surface area contributed by atoms with Crippen molar-refractivity contribution >= 4 is 0 Å². The van der Waals surface area contributed by atoms with Gasteiger partial charge in [-0.15, -0.1) is 0 Å². The minimum Gasteiger partial charge on any atom is -1.00 e. The van der Waals surface area contributed by atoms with Crippen LogP contribution in [0.15, 0.2) is 0 Å². The van der Waals surface area contributed by atoms with Crippen molar-refractivity contribution in [3.8, 4) is 0 Å². The Labute approximate surface area is 122 Å². The first-order valence-corrected chi connectivity index (χ1v) is 7.59. The molecule has 0 aliphatic carbocycles. The molecular weight excluding hydrogens is 242 g/mol. The summed E-state index contributed by atoms with van der Waals surface area (Å²) < 4.78 is 1.20. The number of hydrogen-bond acceptors (Lipinski definition) is 0. The van der Waals surface area contributed by atoms with Gasteiger partial charge in [-0.05, 0) is 18.3 Å². The highest BCUT2D eigenvalue weighted by molar-refractivity contribution is 4.60. The molecule has 2 heteroatoms. The van der Waals surface area contributed by atoms with Crippen LogP contribution in [0.5, 0.6) is 0 Å². The monoisotopic (exact) mass is 277 g/mol. The lowest BCUT2D eigenvalue weighted by atomic mass is 9.92. The van der Waals surface area contributed by atoms with Crippen molar-refractivity contribution in [2.75, 3.05) is 27.2 Å². The molecule has 0 rings (SSSR count). The fourth-order valence-electron chi connectivity index (χ4n) is 2.07. The van der Waals surface area contributed by atoms with Gasteiger partial charge in [-0.25, -0.2) is 0 Å². The van der Waals surface area contributed by atoms with Gasteiger partial charge in [0.25, 0.3) is 0 Å². The second-order valence-electron chi connectivity index (χ2n) is 7.46. The van der Waals surface area contributed by atoms with Gasteiger partial charge in [-0.3, -0.25) is 0 Å². The molecule has 18 heavy (non-hydrogen) atoms. The third kappa shape index (κ3) is 14.3. The zero-order chi connectivity index (χ0) is 13.4. The molecule has 112 valence electrons. The van der Waals surface area contributed by atoms with Crippen LogP contribution in [0, 0.1) is 5.41 Å². The molecule has 0 heterocycles. The van der Waals surface area contributed by atoms with E-state index >= 15 is 0 Å². The zero-order valence-corrected chi connectivity index (χ0v) is 14.4. The SMILES string of the molecule is CCCCCCCC[N+](C)(C)CCC(C)(C)C.[Cl-]. The number of hydrogen-bond donors (Lipinski definition) is 0. The van der Waals surface area contributed by atoms with Gasteiger partial charge < -0.3 is 16.9 Å². The van der Waals surface area contributed by atoms with Gasteiger partial charge in [0.2, 0.25) is 0 Å². The van der Waals surface area contributed by atoms with E-state index < -0.39 is 0 Å². The lowest BCUT2D eigenvalue weighted by Gasteiger charge is -2.32. The molecule has 0 fully saturated rings. The van der Waals surface area contributed by atoms with Gasteiger partial charge in [0.05, 0.1) is 27.2 Å². The van der Waals surface area contributed by atoms with E-state index in [4.69, 9.17) is 0 Å². The second kappa shape index (κ2) is 10.1. The minimum atomic E-state index is 0. The van der Waals surface area contributed by atoms with Crippen molar-refractivity contribution in [1.82, 2.24) is 0 Å². The van der Waals surface area contributed by atoms with E-state index in [1.54, 1.807) is 0 Å². The molecule has 0 saturated heterocycles. The quantitative estimate of drug-likeness (QED) is 0.446. The van der Waals surface area contributed by atoms with E-state index in [1.165, 1.54) is 62.5 Å². The number of rotatable bonds is 9. The largest absolute Gasteiger partial charge is 1.00 e. The highest BCUT2D eigenvalue weighted by Crippen LogP contribution is 2.20. The van der Waals surface area contributed by atoms with Crippen molar-refractivity contribution < 1.29 is 16.9 Å².